The Kier molecular flexibility index (Phi) is 4.04. The van der Waals surface area contributed by atoms with Crippen LogP contribution in [-0.2, 0) is 9.57 Å². The van der Waals surface area contributed by atoms with Gasteiger partial charge in [0.05, 0.1) is 20.4 Å². The third-order valence-electron chi connectivity index (χ3n) is 5.53. The number of ether oxygens (including phenoxy) is 1. The molecule has 0 fully saturated rings. The molecule has 3 aliphatic rings. The van der Waals surface area contributed by atoms with E-state index in [9.17, 15) is 0 Å². The summed E-state index contributed by atoms with van der Waals surface area (Å²) in [6.45, 7) is 11.0. The lowest BCUT2D eigenvalue weighted by molar-refractivity contribution is -0.118. The van der Waals surface area contributed by atoms with Gasteiger partial charge in [0.25, 0.3) is 0 Å². The van der Waals surface area contributed by atoms with Gasteiger partial charge in [0, 0.05) is 16.7 Å². The lowest BCUT2D eigenvalue weighted by Crippen LogP contribution is -2.60. The van der Waals surface area contributed by atoms with Crippen molar-refractivity contribution in [2.45, 2.75) is 56.4 Å². The monoisotopic (exact) mass is 386 g/mol. The maximum atomic E-state index is 6.21. The number of thioether (sulfide) groups is 1. The molecular formula is C21H28N3O2S+. The number of hydrogen-bond acceptors (Lipinski definition) is 4. The van der Waals surface area contributed by atoms with Gasteiger partial charge < -0.3 is 4.74 Å². The summed E-state index contributed by atoms with van der Waals surface area (Å²) >= 11 is 1.83. The maximum absolute atomic E-state index is 6.21. The Labute approximate surface area is 165 Å². The molecule has 4 rings (SSSR count). The predicted octanol–water partition coefficient (Wildman–Crippen LogP) is 5.03. The second-order valence-electron chi connectivity index (χ2n) is 8.38. The average molecular weight is 387 g/mol. The van der Waals surface area contributed by atoms with Crippen LogP contribution in [0.5, 0.6) is 0 Å². The Morgan fingerprint density at radius 2 is 1.96 bits per heavy atom. The molecule has 1 aliphatic carbocycles. The number of hydroxylamine groups is 2. The van der Waals surface area contributed by atoms with E-state index in [4.69, 9.17) is 14.6 Å². The molecule has 1 spiro atoms. The van der Waals surface area contributed by atoms with Gasteiger partial charge in [-0.05, 0) is 31.6 Å². The summed E-state index contributed by atoms with van der Waals surface area (Å²) in [6.07, 6.45) is 11.3. The molecule has 1 aromatic rings. The molecule has 144 valence electrons. The molecule has 0 saturated heterocycles. The molecule has 2 atom stereocenters. The summed E-state index contributed by atoms with van der Waals surface area (Å²) in [5.74, 6) is 1.87. The smallest absolute Gasteiger partial charge is 0.354 e. The molecule has 0 amide bonds. The molecule has 27 heavy (non-hydrogen) atoms. The zero-order valence-corrected chi connectivity index (χ0v) is 18.0. The van der Waals surface area contributed by atoms with Crippen LogP contribution in [0.2, 0.25) is 0 Å². The molecule has 5 nitrogen and oxygen atoms in total. The normalized spacial score (nSPS) is 29.1. The van der Waals surface area contributed by atoms with Crippen molar-refractivity contribution in [3.8, 4) is 0 Å². The molecule has 2 unspecified atom stereocenters. The Balaban J connectivity index is 2.07. The predicted molar refractivity (Wildman–Crippen MR) is 111 cm³/mol. The van der Waals surface area contributed by atoms with Crippen LogP contribution in [0.3, 0.4) is 0 Å². The standard InChI is InChI=1S/C21H28N3O2S/c1-14-12-21-10-8-9-11-24(21,26-7)19-22-13-16(27-20(3,4)5)23(19)18(21)15(2)17(14)25-6/h8-11,13H,12H2,1-7H3/q+1. The first kappa shape index (κ1) is 18.6. The van der Waals surface area contributed by atoms with Crippen molar-refractivity contribution in [2.24, 2.45) is 0 Å². The maximum Gasteiger partial charge on any atom is 0.354 e. The van der Waals surface area contributed by atoms with Crippen molar-refractivity contribution in [3.63, 3.8) is 0 Å². The van der Waals surface area contributed by atoms with Gasteiger partial charge in [-0.25, -0.2) is 4.57 Å². The van der Waals surface area contributed by atoms with Gasteiger partial charge in [0.15, 0.2) is 0 Å². The van der Waals surface area contributed by atoms with Gasteiger partial charge in [-0.2, -0.15) is 9.82 Å². The summed E-state index contributed by atoms with van der Waals surface area (Å²) in [4.78, 5) is 11.1. The second-order valence-corrected chi connectivity index (χ2v) is 10.2. The van der Waals surface area contributed by atoms with Crippen LogP contribution in [0, 0.1) is 0 Å². The van der Waals surface area contributed by atoms with Crippen molar-refractivity contribution in [1.29, 1.82) is 0 Å². The SMILES string of the molecule is COC1=C(C)CC23C=CC=C[N+]2(OC)c2ncc(SC(C)(C)C)n2C3=C1C. The third kappa shape index (κ3) is 2.30. The van der Waals surface area contributed by atoms with E-state index in [1.165, 1.54) is 11.3 Å². The van der Waals surface area contributed by atoms with E-state index in [1.807, 2.05) is 24.0 Å². The van der Waals surface area contributed by atoms with E-state index in [-0.39, 0.29) is 14.9 Å². The van der Waals surface area contributed by atoms with Crippen LogP contribution >= 0.6 is 11.8 Å². The van der Waals surface area contributed by atoms with E-state index in [0.29, 0.717) is 0 Å². The number of hydrogen-bond donors (Lipinski definition) is 0. The van der Waals surface area contributed by atoms with Gasteiger partial charge in [-0.1, -0.05) is 31.5 Å². The average Bonchev–Trinajstić information content (AvgIpc) is 3.08. The molecule has 0 radical (unpaired) electrons. The van der Waals surface area contributed by atoms with Crippen molar-refractivity contribution in [1.82, 2.24) is 14.2 Å². The first-order chi connectivity index (χ1) is 12.7. The van der Waals surface area contributed by atoms with E-state index in [1.54, 1.807) is 14.2 Å². The minimum Gasteiger partial charge on any atom is -0.496 e. The molecule has 6 heteroatoms. The van der Waals surface area contributed by atoms with Crippen LogP contribution < -0.4 is 4.65 Å². The number of allylic oxidation sites excluding steroid dienone is 3. The summed E-state index contributed by atoms with van der Waals surface area (Å²) < 4.78 is 8.41. The first-order valence-electron chi connectivity index (χ1n) is 9.25. The van der Waals surface area contributed by atoms with Crippen LogP contribution in [0.1, 0.15) is 41.0 Å². The second kappa shape index (κ2) is 5.87. The fraction of sp³-hybridized carbons (Fsp3) is 0.476. The summed E-state index contributed by atoms with van der Waals surface area (Å²) in [5, 5.41) is 1.13. The van der Waals surface area contributed by atoms with E-state index >= 15 is 0 Å². The molecule has 0 bridgehead atoms. The third-order valence-corrected chi connectivity index (χ3v) is 6.64. The minimum atomic E-state index is -0.365. The molecule has 2 aliphatic heterocycles. The van der Waals surface area contributed by atoms with Crippen LogP contribution in [0.4, 0.5) is 5.95 Å². The summed E-state index contributed by atoms with van der Waals surface area (Å²) in [6, 6.07) is 0. The van der Waals surface area contributed by atoms with Crippen LogP contribution in [-0.4, -0.2) is 34.1 Å². The van der Waals surface area contributed by atoms with Crippen molar-refractivity contribution < 1.29 is 9.57 Å². The molecule has 0 N–H and O–H groups in total. The van der Waals surface area contributed by atoms with Gasteiger partial charge in [-0.3, -0.25) is 0 Å². The zero-order chi connectivity index (χ0) is 19.6. The van der Waals surface area contributed by atoms with Gasteiger partial charge in [0.1, 0.15) is 22.7 Å². The number of aromatic nitrogens is 2. The summed E-state index contributed by atoms with van der Waals surface area (Å²) in [7, 11) is 3.52. The highest BCUT2D eigenvalue weighted by molar-refractivity contribution is 8.00. The van der Waals surface area contributed by atoms with Gasteiger partial charge >= 0.3 is 5.95 Å². The van der Waals surface area contributed by atoms with E-state index in [2.05, 4.69) is 57.5 Å². The highest BCUT2D eigenvalue weighted by atomic mass is 32.2. The molecule has 3 heterocycles. The van der Waals surface area contributed by atoms with Crippen molar-refractivity contribution in [2.75, 3.05) is 14.2 Å². The zero-order valence-electron chi connectivity index (χ0n) is 17.2. The molecule has 0 saturated carbocycles. The Bertz CT molecular complexity index is 932. The highest BCUT2D eigenvalue weighted by Crippen LogP contribution is 2.58. The molecule has 1 aromatic heterocycles. The highest BCUT2D eigenvalue weighted by Gasteiger charge is 2.67. The van der Waals surface area contributed by atoms with E-state index in [0.717, 1.165) is 28.7 Å². The minimum absolute atomic E-state index is 0.0790. The first-order valence-corrected chi connectivity index (χ1v) is 10.1. The number of quaternary nitrogens is 1. The number of methoxy groups -OCH3 is 1. The fourth-order valence-electron chi connectivity index (χ4n) is 4.76. The van der Waals surface area contributed by atoms with Gasteiger partial charge in [0.2, 0.25) is 5.54 Å². The quantitative estimate of drug-likeness (QED) is 0.539. The largest absolute Gasteiger partial charge is 0.496 e. The van der Waals surface area contributed by atoms with Crippen LogP contribution in [0.25, 0.3) is 5.70 Å². The number of imidazole rings is 1. The van der Waals surface area contributed by atoms with Gasteiger partial charge in [-0.15, -0.1) is 11.8 Å². The number of nitrogens with zero attached hydrogens (tertiary/aromatic N) is 3. The van der Waals surface area contributed by atoms with Crippen LogP contribution in [0.15, 0.2) is 52.6 Å². The van der Waals surface area contributed by atoms with Crippen molar-refractivity contribution >= 4 is 23.4 Å². The van der Waals surface area contributed by atoms with E-state index < -0.39 is 0 Å². The topological polar surface area (TPSA) is 36.3 Å². The number of fused-ring (bicyclic) bond motifs is 3. The van der Waals surface area contributed by atoms with Crippen molar-refractivity contribution in [3.05, 3.63) is 47.5 Å². The Hall–Kier alpha value is -1.76. The fourth-order valence-corrected chi connectivity index (χ4v) is 5.76. The lowest BCUT2D eigenvalue weighted by atomic mass is 9.78. The molecule has 0 aromatic carbocycles. The lowest BCUT2D eigenvalue weighted by Gasteiger charge is -2.42. The summed E-state index contributed by atoms with van der Waals surface area (Å²) in [5.41, 5.74) is 3.21. The Morgan fingerprint density at radius 1 is 1.22 bits per heavy atom. The molecular weight excluding hydrogens is 358 g/mol. The number of rotatable bonds is 3. The Morgan fingerprint density at radius 3 is 2.59 bits per heavy atom.